The van der Waals surface area contributed by atoms with Gasteiger partial charge in [0.1, 0.15) is 11.6 Å². The molecule has 8 heteroatoms. The van der Waals surface area contributed by atoms with Crippen LogP contribution >= 0.6 is 0 Å². The van der Waals surface area contributed by atoms with Gasteiger partial charge in [-0.05, 0) is 49.8 Å². The van der Waals surface area contributed by atoms with Gasteiger partial charge in [0.05, 0.1) is 19.4 Å². The lowest BCUT2D eigenvalue weighted by atomic mass is 10.2. The van der Waals surface area contributed by atoms with Crippen LogP contribution in [0.25, 0.3) is 6.08 Å². The Morgan fingerprint density at radius 3 is 2.59 bits per heavy atom. The van der Waals surface area contributed by atoms with Crippen molar-refractivity contribution in [1.29, 1.82) is 0 Å². The van der Waals surface area contributed by atoms with E-state index in [1.807, 2.05) is 6.92 Å². The van der Waals surface area contributed by atoms with Crippen molar-refractivity contribution < 1.29 is 32.6 Å². The fraction of sp³-hybridized carbons (Fsp3) is 0.238. The highest BCUT2D eigenvalue weighted by Gasteiger charge is 2.18. The van der Waals surface area contributed by atoms with E-state index in [9.17, 15) is 18.4 Å². The van der Waals surface area contributed by atoms with Gasteiger partial charge in [-0.25, -0.2) is 13.6 Å². The summed E-state index contributed by atoms with van der Waals surface area (Å²) in [7, 11) is 1.50. The third-order valence-electron chi connectivity index (χ3n) is 3.75. The second-order valence-corrected chi connectivity index (χ2v) is 5.87. The zero-order chi connectivity index (χ0) is 21.4. The molecule has 0 saturated carbocycles. The van der Waals surface area contributed by atoms with Crippen molar-refractivity contribution in [2.24, 2.45) is 0 Å². The molecule has 0 aromatic heterocycles. The predicted molar refractivity (Wildman–Crippen MR) is 104 cm³/mol. The first kappa shape index (κ1) is 21.9. The molecule has 29 heavy (non-hydrogen) atoms. The molecule has 2 rings (SSSR count). The molecular formula is C21H21F2NO5. The minimum atomic E-state index is -1.22. The van der Waals surface area contributed by atoms with Gasteiger partial charge in [-0.15, -0.1) is 0 Å². The first-order valence-corrected chi connectivity index (χ1v) is 8.79. The number of carbonyl (C=O) groups is 2. The number of rotatable bonds is 8. The van der Waals surface area contributed by atoms with Crippen molar-refractivity contribution in [3.63, 3.8) is 0 Å². The topological polar surface area (TPSA) is 73.9 Å². The minimum Gasteiger partial charge on any atom is -0.493 e. The highest BCUT2D eigenvalue weighted by atomic mass is 19.1. The van der Waals surface area contributed by atoms with Crippen LogP contribution in [0.4, 0.5) is 14.5 Å². The number of benzene rings is 2. The smallest absolute Gasteiger partial charge is 0.331 e. The second-order valence-electron chi connectivity index (χ2n) is 5.87. The number of nitrogens with one attached hydrogen (secondary N) is 1. The molecular weight excluding hydrogens is 384 g/mol. The lowest BCUT2D eigenvalue weighted by Gasteiger charge is -2.13. The Balaban J connectivity index is 1.97. The monoisotopic (exact) mass is 405 g/mol. The minimum absolute atomic E-state index is 0.338. The van der Waals surface area contributed by atoms with Gasteiger partial charge in [-0.2, -0.15) is 0 Å². The Morgan fingerprint density at radius 2 is 1.90 bits per heavy atom. The van der Waals surface area contributed by atoms with Crippen molar-refractivity contribution in [3.05, 3.63) is 59.7 Å². The Labute approximate surface area is 167 Å². The van der Waals surface area contributed by atoms with Crippen LogP contribution in [-0.4, -0.2) is 31.7 Å². The SMILES string of the molecule is CCOc1ccc(/C=C/C(=O)O[C@@H](C)C(=O)Nc2cc(F)ccc2F)cc1OC. The summed E-state index contributed by atoms with van der Waals surface area (Å²) in [4.78, 5) is 24.0. The van der Waals surface area contributed by atoms with Crippen LogP contribution in [0.3, 0.4) is 0 Å². The Hall–Kier alpha value is -3.42. The van der Waals surface area contributed by atoms with Gasteiger partial charge in [0, 0.05) is 12.1 Å². The lowest BCUT2D eigenvalue weighted by Crippen LogP contribution is -2.29. The largest absolute Gasteiger partial charge is 0.493 e. The number of halogens is 2. The lowest BCUT2D eigenvalue weighted by molar-refractivity contribution is -0.148. The molecule has 2 aromatic rings. The molecule has 0 heterocycles. The number of esters is 1. The summed E-state index contributed by atoms with van der Waals surface area (Å²) >= 11 is 0. The maximum atomic E-state index is 13.6. The van der Waals surface area contributed by atoms with Gasteiger partial charge < -0.3 is 19.5 Å². The molecule has 1 amide bonds. The number of amides is 1. The quantitative estimate of drug-likeness (QED) is 0.532. The van der Waals surface area contributed by atoms with Gasteiger partial charge in [-0.3, -0.25) is 4.79 Å². The zero-order valence-corrected chi connectivity index (χ0v) is 16.2. The van der Waals surface area contributed by atoms with Crippen molar-refractivity contribution in [1.82, 2.24) is 0 Å². The summed E-state index contributed by atoms with van der Waals surface area (Å²) in [6, 6.07) is 7.75. The van der Waals surface area contributed by atoms with Crippen LogP contribution in [0.15, 0.2) is 42.5 Å². The molecule has 0 aliphatic heterocycles. The van der Waals surface area contributed by atoms with Crippen LogP contribution < -0.4 is 14.8 Å². The van der Waals surface area contributed by atoms with E-state index >= 15 is 0 Å². The number of methoxy groups -OCH3 is 1. The molecule has 1 N–H and O–H groups in total. The molecule has 6 nitrogen and oxygen atoms in total. The molecule has 0 spiro atoms. The van der Waals surface area contributed by atoms with E-state index in [0.29, 0.717) is 23.7 Å². The van der Waals surface area contributed by atoms with E-state index in [2.05, 4.69) is 5.32 Å². The number of carbonyl (C=O) groups excluding carboxylic acids is 2. The standard InChI is InChI=1S/C21H21F2NO5/c1-4-28-18-9-5-14(11-19(18)27-3)6-10-20(25)29-13(2)21(26)24-17-12-15(22)7-8-16(17)23/h5-13H,4H2,1-3H3,(H,24,26)/b10-6+/t13-/m0/s1. The fourth-order valence-electron chi connectivity index (χ4n) is 2.32. The molecule has 2 aromatic carbocycles. The summed E-state index contributed by atoms with van der Waals surface area (Å²) in [5.41, 5.74) is 0.316. The van der Waals surface area contributed by atoms with E-state index < -0.39 is 29.6 Å². The molecule has 0 bridgehead atoms. The highest BCUT2D eigenvalue weighted by molar-refractivity contribution is 5.96. The molecule has 0 aliphatic rings. The van der Waals surface area contributed by atoms with E-state index in [1.165, 1.54) is 20.1 Å². The van der Waals surface area contributed by atoms with Crippen molar-refractivity contribution in [3.8, 4) is 11.5 Å². The van der Waals surface area contributed by atoms with Crippen LogP contribution in [0.5, 0.6) is 11.5 Å². The van der Waals surface area contributed by atoms with Crippen LogP contribution in [0, 0.1) is 11.6 Å². The van der Waals surface area contributed by atoms with Crippen LogP contribution in [0.2, 0.25) is 0 Å². The molecule has 0 saturated heterocycles. The maximum absolute atomic E-state index is 13.6. The average molecular weight is 405 g/mol. The zero-order valence-electron chi connectivity index (χ0n) is 16.2. The van der Waals surface area contributed by atoms with Crippen LogP contribution in [-0.2, 0) is 14.3 Å². The molecule has 1 atom stereocenters. The number of hydrogen-bond donors (Lipinski definition) is 1. The summed E-state index contributed by atoms with van der Waals surface area (Å²) in [5, 5.41) is 2.18. The van der Waals surface area contributed by atoms with Gasteiger partial charge >= 0.3 is 5.97 Å². The second kappa shape index (κ2) is 10.2. The maximum Gasteiger partial charge on any atom is 0.331 e. The summed E-state index contributed by atoms with van der Waals surface area (Å²) in [6.07, 6.45) is 1.41. The number of anilines is 1. The van der Waals surface area contributed by atoms with Crippen molar-refractivity contribution >= 4 is 23.6 Å². The average Bonchev–Trinajstić information content (AvgIpc) is 2.70. The van der Waals surface area contributed by atoms with E-state index in [0.717, 1.165) is 24.3 Å². The molecule has 154 valence electrons. The van der Waals surface area contributed by atoms with E-state index in [4.69, 9.17) is 14.2 Å². The van der Waals surface area contributed by atoms with Gasteiger partial charge in [0.25, 0.3) is 5.91 Å². The molecule has 0 fully saturated rings. The van der Waals surface area contributed by atoms with Crippen molar-refractivity contribution in [2.45, 2.75) is 20.0 Å². The van der Waals surface area contributed by atoms with Crippen LogP contribution in [0.1, 0.15) is 19.4 Å². The molecule has 0 radical (unpaired) electrons. The third-order valence-corrected chi connectivity index (χ3v) is 3.75. The van der Waals surface area contributed by atoms with E-state index in [-0.39, 0.29) is 5.69 Å². The third kappa shape index (κ3) is 6.31. The van der Waals surface area contributed by atoms with Gasteiger partial charge in [0.15, 0.2) is 17.6 Å². The number of ether oxygens (including phenoxy) is 3. The highest BCUT2D eigenvalue weighted by Crippen LogP contribution is 2.28. The number of hydrogen-bond acceptors (Lipinski definition) is 5. The van der Waals surface area contributed by atoms with Gasteiger partial charge in [-0.1, -0.05) is 6.07 Å². The summed E-state index contributed by atoms with van der Waals surface area (Å²) in [6.45, 7) is 3.65. The Kier molecular flexibility index (Phi) is 7.70. The summed E-state index contributed by atoms with van der Waals surface area (Å²) in [5.74, 6) is -2.00. The molecule has 0 aliphatic carbocycles. The first-order chi connectivity index (χ1) is 13.8. The van der Waals surface area contributed by atoms with Gasteiger partial charge in [0.2, 0.25) is 0 Å². The summed E-state index contributed by atoms with van der Waals surface area (Å²) < 4.78 is 42.4. The Morgan fingerprint density at radius 1 is 1.14 bits per heavy atom. The Bertz CT molecular complexity index is 914. The normalized spacial score (nSPS) is 11.8. The first-order valence-electron chi connectivity index (χ1n) is 8.79. The molecule has 0 unspecified atom stereocenters. The van der Waals surface area contributed by atoms with Crippen molar-refractivity contribution in [2.75, 3.05) is 19.0 Å². The van der Waals surface area contributed by atoms with E-state index in [1.54, 1.807) is 18.2 Å². The predicted octanol–water partition coefficient (Wildman–Crippen LogP) is 3.96. The fourth-order valence-corrected chi connectivity index (χ4v) is 2.32.